The van der Waals surface area contributed by atoms with Crippen molar-refractivity contribution in [2.45, 2.75) is 39.7 Å². The summed E-state index contributed by atoms with van der Waals surface area (Å²) in [5.74, 6) is 0.619. The number of benzene rings is 2. The lowest BCUT2D eigenvalue weighted by molar-refractivity contribution is 0.0940. The molecule has 1 aliphatic heterocycles. The Balaban J connectivity index is 1.65. The Bertz CT molecular complexity index is 1030. The van der Waals surface area contributed by atoms with Crippen molar-refractivity contribution in [3.63, 3.8) is 0 Å². The normalized spacial score (nSPS) is 16.1. The SMILES string of the molecule is Cc1cc(C(=O)N[C@@H](C)c2ccc(N3CCC(C)CC3)cc2)ccc1N(C)S(C)(=O)=O. The average Bonchev–Trinajstić information content (AvgIpc) is 2.73. The van der Waals surface area contributed by atoms with E-state index in [1.807, 2.05) is 6.92 Å². The Kier molecular flexibility index (Phi) is 6.94. The molecule has 6 nitrogen and oxygen atoms in total. The number of hydrogen-bond donors (Lipinski definition) is 1. The van der Waals surface area contributed by atoms with Crippen molar-refractivity contribution in [1.29, 1.82) is 0 Å². The molecule has 2 aromatic rings. The van der Waals surface area contributed by atoms with E-state index in [0.717, 1.165) is 36.4 Å². The second kappa shape index (κ2) is 9.30. The number of carbonyl (C=O) groups is 1. The number of rotatable bonds is 6. The lowest BCUT2D eigenvalue weighted by atomic mass is 9.98. The predicted octanol–water partition coefficient (Wildman–Crippen LogP) is 4.12. The maximum absolute atomic E-state index is 12.8. The van der Waals surface area contributed by atoms with Gasteiger partial charge in [0.15, 0.2) is 0 Å². The zero-order valence-electron chi connectivity index (χ0n) is 19.1. The van der Waals surface area contributed by atoms with Crippen molar-refractivity contribution < 1.29 is 13.2 Å². The minimum atomic E-state index is -3.35. The van der Waals surface area contributed by atoms with E-state index in [9.17, 15) is 13.2 Å². The molecule has 1 aliphatic rings. The molecule has 0 aliphatic carbocycles. The van der Waals surface area contributed by atoms with E-state index in [1.54, 1.807) is 25.1 Å². The second-order valence-electron chi connectivity index (χ2n) is 8.69. The molecule has 0 unspecified atom stereocenters. The molecule has 1 fully saturated rings. The Morgan fingerprint density at radius 1 is 1.13 bits per heavy atom. The smallest absolute Gasteiger partial charge is 0.251 e. The molecular weight excluding hydrogens is 410 g/mol. The number of nitrogens with one attached hydrogen (secondary N) is 1. The highest BCUT2D eigenvalue weighted by atomic mass is 32.2. The van der Waals surface area contributed by atoms with Gasteiger partial charge in [0.25, 0.3) is 5.91 Å². The Hall–Kier alpha value is -2.54. The molecule has 0 spiro atoms. The van der Waals surface area contributed by atoms with Crippen LogP contribution in [0.4, 0.5) is 11.4 Å². The van der Waals surface area contributed by atoms with Gasteiger partial charge in [0.05, 0.1) is 18.0 Å². The summed E-state index contributed by atoms with van der Waals surface area (Å²) in [4.78, 5) is 15.2. The van der Waals surface area contributed by atoms with Crippen LogP contribution in [0.15, 0.2) is 42.5 Å². The molecule has 1 saturated heterocycles. The summed E-state index contributed by atoms with van der Waals surface area (Å²) in [5.41, 5.74) is 4.08. The lowest BCUT2D eigenvalue weighted by Crippen LogP contribution is -2.32. The quantitative estimate of drug-likeness (QED) is 0.729. The van der Waals surface area contributed by atoms with Gasteiger partial charge in [0.2, 0.25) is 10.0 Å². The number of anilines is 2. The highest BCUT2D eigenvalue weighted by molar-refractivity contribution is 7.92. The van der Waals surface area contributed by atoms with Gasteiger partial charge in [-0.2, -0.15) is 0 Å². The maximum atomic E-state index is 12.8. The third kappa shape index (κ3) is 5.58. The first-order chi connectivity index (χ1) is 14.6. The van der Waals surface area contributed by atoms with Crippen molar-refractivity contribution in [2.75, 3.05) is 35.6 Å². The van der Waals surface area contributed by atoms with E-state index in [1.165, 1.54) is 29.9 Å². The maximum Gasteiger partial charge on any atom is 0.251 e. The van der Waals surface area contributed by atoms with Gasteiger partial charge in [-0.05, 0) is 74.1 Å². The van der Waals surface area contributed by atoms with Crippen molar-refractivity contribution in [3.8, 4) is 0 Å². The largest absolute Gasteiger partial charge is 0.372 e. The monoisotopic (exact) mass is 443 g/mol. The minimum Gasteiger partial charge on any atom is -0.372 e. The number of carbonyl (C=O) groups excluding carboxylic acids is 1. The van der Waals surface area contributed by atoms with Crippen LogP contribution in [-0.4, -0.2) is 40.7 Å². The van der Waals surface area contributed by atoms with E-state index in [-0.39, 0.29) is 11.9 Å². The van der Waals surface area contributed by atoms with Crippen LogP contribution < -0.4 is 14.5 Å². The van der Waals surface area contributed by atoms with Gasteiger partial charge in [-0.15, -0.1) is 0 Å². The van der Waals surface area contributed by atoms with E-state index in [2.05, 4.69) is 41.4 Å². The van der Waals surface area contributed by atoms with Gasteiger partial charge in [-0.1, -0.05) is 19.1 Å². The Labute approximate surface area is 186 Å². The van der Waals surface area contributed by atoms with Crippen molar-refractivity contribution in [1.82, 2.24) is 5.32 Å². The summed E-state index contributed by atoms with van der Waals surface area (Å²) < 4.78 is 24.8. The first kappa shape index (κ1) is 23.1. The molecule has 1 amide bonds. The molecular formula is C24H33N3O3S. The third-order valence-corrected chi connectivity index (χ3v) is 7.38. The summed E-state index contributed by atoms with van der Waals surface area (Å²) in [6.45, 7) is 8.27. The summed E-state index contributed by atoms with van der Waals surface area (Å²) in [5, 5.41) is 3.04. The number of sulfonamides is 1. The summed E-state index contributed by atoms with van der Waals surface area (Å²) in [6.07, 6.45) is 3.62. The highest BCUT2D eigenvalue weighted by Gasteiger charge is 2.18. The molecule has 0 bridgehead atoms. The molecule has 3 rings (SSSR count). The predicted molar refractivity (Wildman–Crippen MR) is 127 cm³/mol. The number of aryl methyl sites for hydroxylation is 1. The summed E-state index contributed by atoms with van der Waals surface area (Å²) >= 11 is 0. The molecule has 31 heavy (non-hydrogen) atoms. The Morgan fingerprint density at radius 2 is 1.74 bits per heavy atom. The van der Waals surface area contributed by atoms with Crippen molar-refractivity contribution >= 4 is 27.3 Å². The van der Waals surface area contributed by atoms with Gasteiger partial charge in [-0.25, -0.2) is 8.42 Å². The zero-order chi connectivity index (χ0) is 22.8. The number of amides is 1. The molecule has 1 heterocycles. The van der Waals surface area contributed by atoms with Crippen molar-refractivity contribution in [3.05, 3.63) is 59.2 Å². The summed E-state index contributed by atoms with van der Waals surface area (Å²) in [6, 6.07) is 13.3. The molecule has 1 N–H and O–H groups in total. The number of hydrogen-bond acceptors (Lipinski definition) is 4. The number of piperidine rings is 1. The first-order valence-electron chi connectivity index (χ1n) is 10.8. The zero-order valence-corrected chi connectivity index (χ0v) is 19.9. The number of nitrogens with zero attached hydrogens (tertiary/aromatic N) is 2. The van der Waals surface area contributed by atoms with Crippen LogP contribution in [0.1, 0.15) is 54.2 Å². The summed E-state index contributed by atoms with van der Waals surface area (Å²) in [7, 11) is -1.84. The standard InChI is InChI=1S/C24H33N3O3S/c1-17-12-14-27(15-13-17)22-9-6-20(7-10-22)19(3)25-24(28)21-8-11-23(18(2)16-21)26(4)31(5,29)30/h6-11,16-17,19H,12-15H2,1-5H3,(H,25,28)/t19-/m0/s1. The topological polar surface area (TPSA) is 69.7 Å². The molecule has 2 aromatic carbocycles. The van der Waals surface area contributed by atoms with E-state index in [4.69, 9.17) is 0 Å². The Morgan fingerprint density at radius 3 is 2.29 bits per heavy atom. The molecule has 7 heteroatoms. The fraction of sp³-hybridized carbons (Fsp3) is 0.458. The fourth-order valence-electron chi connectivity index (χ4n) is 3.93. The molecule has 168 valence electrons. The lowest BCUT2D eigenvalue weighted by Gasteiger charge is -2.32. The van der Waals surface area contributed by atoms with E-state index >= 15 is 0 Å². The molecule has 1 atom stereocenters. The van der Waals surface area contributed by atoms with Gasteiger partial charge in [-0.3, -0.25) is 9.10 Å². The van der Waals surface area contributed by atoms with Crippen molar-refractivity contribution in [2.24, 2.45) is 5.92 Å². The first-order valence-corrected chi connectivity index (χ1v) is 12.6. The van der Waals surface area contributed by atoms with Gasteiger partial charge >= 0.3 is 0 Å². The molecule has 0 aromatic heterocycles. The van der Waals surface area contributed by atoms with Gasteiger partial charge in [0.1, 0.15) is 0 Å². The van der Waals surface area contributed by atoms with Crippen LogP contribution in [0.5, 0.6) is 0 Å². The second-order valence-corrected chi connectivity index (χ2v) is 10.7. The fourth-order valence-corrected chi connectivity index (χ4v) is 4.49. The van der Waals surface area contributed by atoms with Crippen LogP contribution in [0.2, 0.25) is 0 Å². The third-order valence-electron chi connectivity index (χ3n) is 6.19. The van der Waals surface area contributed by atoms with Gasteiger partial charge in [0, 0.05) is 31.4 Å². The van der Waals surface area contributed by atoms with E-state index < -0.39 is 10.0 Å². The molecule has 0 saturated carbocycles. The van der Waals surface area contributed by atoms with Crippen LogP contribution in [0, 0.1) is 12.8 Å². The van der Waals surface area contributed by atoms with Gasteiger partial charge < -0.3 is 10.2 Å². The molecule has 0 radical (unpaired) electrons. The van der Waals surface area contributed by atoms with E-state index in [0.29, 0.717) is 11.3 Å². The van der Waals surface area contributed by atoms with Crippen LogP contribution in [-0.2, 0) is 10.0 Å². The van der Waals surface area contributed by atoms with Crippen LogP contribution in [0.25, 0.3) is 0 Å². The average molecular weight is 444 g/mol. The minimum absolute atomic E-state index is 0.137. The highest BCUT2D eigenvalue weighted by Crippen LogP contribution is 2.25. The van der Waals surface area contributed by atoms with Crippen LogP contribution in [0.3, 0.4) is 0 Å². The van der Waals surface area contributed by atoms with Crippen LogP contribution >= 0.6 is 0 Å².